The maximum absolute atomic E-state index is 12.7. The lowest BCUT2D eigenvalue weighted by atomic mass is 9.93. The second-order valence-electron chi connectivity index (χ2n) is 7.43. The van der Waals surface area contributed by atoms with Crippen LogP contribution in [0.2, 0.25) is 0 Å². The molecule has 3 aromatic rings. The Morgan fingerprint density at radius 1 is 1.06 bits per heavy atom. The zero-order valence-electron chi connectivity index (χ0n) is 17.4. The van der Waals surface area contributed by atoms with E-state index in [4.69, 9.17) is 4.42 Å². The van der Waals surface area contributed by atoms with Gasteiger partial charge in [-0.3, -0.25) is 14.6 Å². The van der Waals surface area contributed by atoms with E-state index in [2.05, 4.69) is 20.8 Å². The molecule has 2 heterocycles. The minimum Gasteiger partial charge on any atom is -0.455 e. The summed E-state index contributed by atoms with van der Waals surface area (Å²) in [5.74, 6) is 0.520. The highest BCUT2D eigenvalue weighted by atomic mass is 16.4. The van der Waals surface area contributed by atoms with Gasteiger partial charge in [-0.25, -0.2) is 5.43 Å². The topological polar surface area (TPSA) is 96.6 Å². The first kappa shape index (κ1) is 20.5. The predicted molar refractivity (Wildman–Crippen MR) is 117 cm³/mol. The number of hydrogen-bond acceptors (Lipinski definition) is 5. The number of benzene rings is 1. The summed E-state index contributed by atoms with van der Waals surface area (Å²) in [7, 11) is 0. The van der Waals surface area contributed by atoms with Crippen molar-refractivity contribution >= 4 is 17.5 Å². The second kappa shape index (κ2) is 9.38. The average molecular weight is 416 g/mol. The number of carbonyl (C=O) groups excluding carboxylic acids is 2. The number of hydrazone groups is 1. The Hall–Kier alpha value is -3.74. The van der Waals surface area contributed by atoms with Crippen LogP contribution in [0.15, 0.2) is 64.4 Å². The number of fused-ring (bicyclic) bond motifs is 1. The Morgan fingerprint density at radius 3 is 2.61 bits per heavy atom. The number of furan rings is 1. The molecule has 7 nitrogen and oxygen atoms in total. The maximum Gasteiger partial charge on any atom is 0.287 e. The van der Waals surface area contributed by atoms with Crippen molar-refractivity contribution in [2.75, 3.05) is 6.54 Å². The molecule has 0 unspecified atom stereocenters. The maximum atomic E-state index is 12.7. The summed E-state index contributed by atoms with van der Waals surface area (Å²) in [5.41, 5.74) is 6.57. The molecule has 0 fully saturated rings. The van der Waals surface area contributed by atoms with E-state index in [9.17, 15) is 9.59 Å². The molecular formula is C24H24N4O3. The molecule has 0 bridgehead atoms. The molecule has 1 aromatic carbocycles. The van der Waals surface area contributed by atoms with E-state index >= 15 is 0 Å². The molecule has 158 valence electrons. The molecule has 1 aliphatic carbocycles. The Balaban J connectivity index is 1.46. The van der Waals surface area contributed by atoms with Crippen molar-refractivity contribution in [1.82, 2.24) is 15.7 Å². The molecule has 0 radical (unpaired) electrons. The van der Waals surface area contributed by atoms with Gasteiger partial charge in [0.05, 0.1) is 5.71 Å². The molecule has 7 heteroatoms. The standard InChI is InChI=1S/C24H24N4O3/c1-16-21-19(27-28-23(29)18-11-13-25-14-12-18)8-5-9-20(21)31-22(16)24(30)26-15-10-17-6-3-2-4-7-17/h2-4,6-7,11-14H,5,8-10,15H2,1H3,(H,26,30)(H,28,29)/b27-19+. The van der Waals surface area contributed by atoms with Crippen molar-refractivity contribution in [2.24, 2.45) is 5.10 Å². The molecule has 2 aromatic heterocycles. The van der Waals surface area contributed by atoms with Gasteiger partial charge >= 0.3 is 0 Å². The third-order valence-electron chi connectivity index (χ3n) is 5.31. The molecule has 0 saturated carbocycles. The first-order chi connectivity index (χ1) is 15.1. The molecule has 0 saturated heterocycles. The monoisotopic (exact) mass is 416 g/mol. The number of amides is 2. The van der Waals surface area contributed by atoms with Crippen molar-refractivity contribution in [3.63, 3.8) is 0 Å². The highest BCUT2D eigenvalue weighted by Gasteiger charge is 2.28. The van der Waals surface area contributed by atoms with Crippen molar-refractivity contribution in [3.8, 4) is 0 Å². The largest absolute Gasteiger partial charge is 0.455 e. The van der Waals surface area contributed by atoms with Gasteiger partial charge in [-0.05, 0) is 43.9 Å². The summed E-state index contributed by atoms with van der Waals surface area (Å²) in [6, 6.07) is 13.3. The van der Waals surface area contributed by atoms with E-state index in [0.717, 1.165) is 47.4 Å². The van der Waals surface area contributed by atoms with Gasteiger partial charge in [-0.2, -0.15) is 5.10 Å². The smallest absolute Gasteiger partial charge is 0.287 e. The molecular weight excluding hydrogens is 392 g/mol. The SMILES string of the molecule is Cc1c(C(=O)NCCc2ccccc2)oc2c1/C(=N/NC(=O)c1ccncc1)CCC2. The summed E-state index contributed by atoms with van der Waals surface area (Å²) < 4.78 is 5.91. The first-order valence-corrected chi connectivity index (χ1v) is 10.3. The number of aryl methyl sites for hydroxylation is 1. The Morgan fingerprint density at radius 2 is 1.84 bits per heavy atom. The first-order valence-electron chi connectivity index (χ1n) is 10.3. The van der Waals surface area contributed by atoms with Crippen molar-refractivity contribution in [3.05, 3.63) is 88.6 Å². The molecule has 31 heavy (non-hydrogen) atoms. The highest BCUT2D eigenvalue weighted by Crippen LogP contribution is 2.29. The quantitative estimate of drug-likeness (QED) is 0.602. The van der Waals surface area contributed by atoms with E-state index in [1.165, 1.54) is 0 Å². The lowest BCUT2D eigenvalue weighted by molar-refractivity contribution is 0.0922. The number of aromatic nitrogens is 1. The van der Waals surface area contributed by atoms with E-state index in [0.29, 0.717) is 24.3 Å². The van der Waals surface area contributed by atoms with Gasteiger partial charge in [-0.1, -0.05) is 30.3 Å². The fourth-order valence-electron chi connectivity index (χ4n) is 3.73. The lowest BCUT2D eigenvalue weighted by Crippen LogP contribution is -2.26. The van der Waals surface area contributed by atoms with Crippen LogP contribution in [-0.2, 0) is 12.8 Å². The number of pyridine rings is 1. The normalized spacial score (nSPS) is 14.2. The zero-order valence-corrected chi connectivity index (χ0v) is 17.4. The fourth-order valence-corrected chi connectivity index (χ4v) is 3.73. The van der Waals surface area contributed by atoms with E-state index < -0.39 is 0 Å². The van der Waals surface area contributed by atoms with Crippen LogP contribution >= 0.6 is 0 Å². The van der Waals surface area contributed by atoms with Gasteiger partial charge in [0.15, 0.2) is 5.76 Å². The third-order valence-corrected chi connectivity index (χ3v) is 5.31. The van der Waals surface area contributed by atoms with Gasteiger partial charge in [-0.15, -0.1) is 0 Å². The number of rotatable bonds is 6. The molecule has 1 aliphatic rings. The van der Waals surface area contributed by atoms with E-state index in [1.54, 1.807) is 24.5 Å². The molecule has 4 rings (SSSR count). The molecule has 0 atom stereocenters. The molecule has 0 aliphatic heterocycles. The van der Waals surface area contributed by atoms with E-state index in [-0.39, 0.29) is 11.8 Å². The summed E-state index contributed by atoms with van der Waals surface area (Å²) in [4.78, 5) is 28.9. The third kappa shape index (κ3) is 4.71. The van der Waals surface area contributed by atoms with Crippen LogP contribution < -0.4 is 10.7 Å². The Kier molecular flexibility index (Phi) is 6.21. The van der Waals surface area contributed by atoms with Crippen LogP contribution in [0.1, 0.15) is 56.2 Å². The second-order valence-corrected chi connectivity index (χ2v) is 7.43. The molecule has 2 amide bonds. The summed E-state index contributed by atoms with van der Waals surface area (Å²) in [6.07, 6.45) is 6.16. The zero-order chi connectivity index (χ0) is 21.6. The van der Waals surface area contributed by atoms with Gasteiger partial charge in [0.25, 0.3) is 11.8 Å². The number of nitrogens with zero attached hydrogens (tertiary/aromatic N) is 2. The Labute approximate surface area is 180 Å². The van der Waals surface area contributed by atoms with E-state index in [1.807, 2.05) is 37.3 Å². The number of carbonyl (C=O) groups is 2. The van der Waals surface area contributed by atoms with Gasteiger partial charge < -0.3 is 9.73 Å². The molecule has 2 N–H and O–H groups in total. The summed E-state index contributed by atoms with van der Waals surface area (Å²) >= 11 is 0. The van der Waals surface area contributed by atoms with Crippen LogP contribution in [0.4, 0.5) is 0 Å². The fraction of sp³-hybridized carbons (Fsp3) is 0.250. The predicted octanol–water partition coefficient (Wildman–Crippen LogP) is 3.43. The van der Waals surface area contributed by atoms with Crippen LogP contribution in [0.3, 0.4) is 0 Å². The summed E-state index contributed by atoms with van der Waals surface area (Å²) in [6.45, 7) is 2.39. The number of hydrogen-bond donors (Lipinski definition) is 2. The van der Waals surface area contributed by atoms with Crippen LogP contribution in [0.5, 0.6) is 0 Å². The average Bonchev–Trinajstić information content (AvgIpc) is 3.16. The van der Waals surface area contributed by atoms with Gasteiger partial charge in [0.1, 0.15) is 5.76 Å². The van der Waals surface area contributed by atoms with Crippen molar-refractivity contribution in [2.45, 2.75) is 32.6 Å². The van der Waals surface area contributed by atoms with Gasteiger partial charge in [0.2, 0.25) is 0 Å². The Bertz CT molecular complexity index is 1100. The van der Waals surface area contributed by atoms with Crippen LogP contribution in [-0.4, -0.2) is 29.1 Å². The van der Waals surface area contributed by atoms with Crippen LogP contribution in [0.25, 0.3) is 0 Å². The lowest BCUT2D eigenvalue weighted by Gasteiger charge is -2.13. The molecule has 0 spiro atoms. The minimum atomic E-state index is -0.304. The highest BCUT2D eigenvalue weighted by molar-refractivity contribution is 6.07. The van der Waals surface area contributed by atoms with Crippen LogP contribution in [0, 0.1) is 6.92 Å². The van der Waals surface area contributed by atoms with Gasteiger partial charge in [0, 0.05) is 42.0 Å². The number of nitrogens with one attached hydrogen (secondary N) is 2. The van der Waals surface area contributed by atoms with Crippen molar-refractivity contribution < 1.29 is 14.0 Å². The van der Waals surface area contributed by atoms with Crippen molar-refractivity contribution in [1.29, 1.82) is 0 Å². The summed E-state index contributed by atoms with van der Waals surface area (Å²) in [5, 5.41) is 7.28. The minimum absolute atomic E-state index is 0.233.